The molecular weight excluding hydrogens is 354 g/mol. The van der Waals surface area contributed by atoms with Gasteiger partial charge in [-0.3, -0.25) is 4.79 Å². The monoisotopic (exact) mass is 371 g/mol. The van der Waals surface area contributed by atoms with Gasteiger partial charge in [0.05, 0.1) is 12.7 Å². The van der Waals surface area contributed by atoms with Crippen LogP contribution in [-0.4, -0.2) is 25.8 Å². The fourth-order valence-electron chi connectivity index (χ4n) is 3.15. The summed E-state index contributed by atoms with van der Waals surface area (Å²) < 4.78 is 15.5. The molecule has 1 aromatic heterocycles. The summed E-state index contributed by atoms with van der Waals surface area (Å²) in [5, 5.41) is 3.37. The van der Waals surface area contributed by atoms with Crippen molar-refractivity contribution in [3.05, 3.63) is 45.8 Å². The Morgan fingerprint density at radius 1 is 1.23 bits per heavy atom. The molecule has 4 rings (SSSR count). The Hall–Kier alpha value is -2.80. The predicted molar refractivity (Wildman–Crippen MR) is 97.9 cm³/mol. The molecule has 26 heavy (non-hydrogen) atoms. The van der Waals surface area contributed by atoms with Gasteiger partial charge in [-0.25, -0.2) is 4.79 Å². The van der Waals surface area contributed by atoms with Gasteiger partial charge in [0.1, 0.15) is 5.00 Å². The van der Waals surface area contributed by atoms with Gasteiger partial charge in [0.15, 0.2) is 11.5 Å². The summed E-state index contributed by atoms with van der Waals surface area (Å²) in [4.78, 5) is 25.6. The topological polar surface area (TPSA) is 73.9 Å². The third-order valence-corrected chi connectivity index (χ3v) is 5.58. The minimum Gasteiger partial charge on any atom is -0.465 e. The van der Waals surface area contributed by atoms with Crippen molar-refractivity contribution >= 4 is 34.3 Å². The van der Waals surface area contributed by atoms with Crippen LogP contribution in [0.5, 0.6) is 11.5 Å². The number of esters is 1. The van der Waals surface area contributed by atoms with Gasteiger partial charge < -0.3 is 19.5 Å². The molecule has 2 heterocycles. The molecule has 134 valence electrons. The highest BCUT2D eigenvalue weighted by atomic mass is 32.1. The highest BCUT2D eigenvalue weighted by molar-refractivity contribution is 7.17. The summed E-state index contributed by atoms with van der Waals surface area (Å²) in [7, 11) is 1.35. The summed E-state index contributed by atoms with van der Waals surface area (Å²) in [6.45, 7) is 0.211. The standard InChI is InChI=1S/C19H17NO5S/c1-23-19(22)17-12-3-2-4-15(12)26-18(17)20-16(21)8-6-11-5-7-13-14(9-11)25-10-24-13/h5-9H,2-4,10H2,1H3,(H,20,21)/b8-6+. The van der Waals surface area contributed by atoms with Crippen molar-refractivity contribution < 1.29 is 23.8 Å². The molecule has 1 amide bonds. The molecule has 0 bridgehead atoms. The molecule has 2 aliphatic rings. The van der Waals surface area contributed by atoms with Crippen LogP contribution in [0.2, 0.25) is 0 Å². The number of benzene rings is 1. The number of nitrogens with one attached hydrogen (secondary N) is 1. The lowest BCUT2D eigenvalue weighted by molar-refractivity contribution is -0.111. The fraction of sp³-hybridized carbons (Fsp3) is 0.263. The zero-order chi connectivity index (χ0) is 18.1. The lowest BCUT2D eigenvalue weighted by atomic mass is 10.1. The normalized spacial score (nSPS) is 14.5. The van der Waals surface area contributed by atoms with Crippen LogP contribution in [0.4, 0.5) is 5.00 Å². The van der Waals surface area contributed by atoms with Crippen LogP contribution in [0.25, 0.3) is 6.08 Å². The van der Waals surface area contributed by atoms with Crippen molar-refractivity contribution in [1.29, 1.82) is 0 Å². The van der Waals surface area contributed by atoms with Gasteiger partial charge in [0, 0.05) is 11.0 Å². The van der Waals surface area contributed by atoms with Crippen molar-refractivity contribution in [3.63, 3.8) is 0 Å². The molecule has 0 saturated carbocycles. The minimum atomic E-state index is -0.403. The molecule has 7 heteroatoms. The maximum atomic E-state index is 12.3. The second-order valence-corrected chi connectivity index (χ2v) is 7.09. The van der Waals surface area contributed by atoms with E-state index in [0.29, 0.717) is 22.1 Å². The largest absolute Gasteiger partial charge is 0.465 e. The molecule has 0 atom stereocenters. The van der Waals surface area contributed by atoms with Gasteiger partial charge in [0.2, 0.25) is 12.7 Å². The first kappa shape index (κ1) is 16.7. The van der Waals surface area contributed by atoms with E-state index in [4.69, 9.17) is 14.2 Å². The van der Waals surface area contributed by atoms with Crippen LogP contribution in [-0.2, 0) is 22.4 Å². The zero-order valence-corrected chi connectivity index (χ0v) is 15.0. The summed E-state index contributed by atoms with van der Waals surface area (Å²) in [5.41, 5.74) is 2.33. The molecule has 1 aromatic carbocycles. The van der Waals surface area contributed by atoms with E-state index in [1.54, 1.807) is 12.1 Å². The minimum absolute atomic E-state index is 0.211. The van der Waals surface area contributed by atoms with Crippen molar-refractivity contribution in [2.75, 3.05) is 19.2 Å². The van der Waals surface area contributed by atoms with Crippen molar-refractivity contribution in [2.24, 2.45) is 0 Å². The van der Waals surface area contributed by atoms with Crippen LogP contribution in [0.3, 0.4) is 0 Å². The Bertz CT molecular complexity index is 915. The lowest BCUT2D eigenvalue weighted by Gasteiger charge is -2.05. The van der Waals surface area contributed by atoms with Gasteiger partial charge in [-0.2, -0.15) is 0 Å². The number of carbonyl (C=O) groups is 2. The van der Waals surface area contributed by atoms with E-state index in [1.165, 1.54) is 24.5 Å². The summed E-state index contributed by atoms with van der Waals surface area (Å²) in [6.07, 6.45) is 5.94. The predicted octanol–water partition coefficient (Wildman–Crippen LogP) is 3.40. The van der Waals surface area contributed by atoms with Gasteiger partial charge >= 0.3 is 5.97 Å². The average Bonchev–Trinajstić information content (AvgIpc) is 3.34. The molecule has 1 aliphatic carbocycles. The number of anilines is 1. The van der Waals surface area contributed by atoms with E-state index in [1.807, 2.05) is 12.1 Å². The van der Waals surface area contributed by atoms with E-state index >= 15 is 0 Å². The number of hydrogen-bond donors (Lipinski definition) is 1. The summed E-state index contributed by atoms with van der Waals surface area (Å²) in [6, 6.07) is 5.46. The first-order valence-electron chi connectivity index (χ1n) is 8.27. The molecular formula is C19H17NO5S. The van der Waals surface area contributed by atoms with Crippen molar-refractivity contribution in [2.45, 2.75) is 19.3 Å². The molecule has 0 fully saturated rings. The molecule has 2 aromatic rings. The Morgan fingerprint density at radius 2 is 2.08 bits per heavy atom. The first-order valence-corrected chi connectivity index (χ1v) is 9.09. The number of carbonyl (C=O) groups excluding carboxylic acids is 2. The van der Waals surface area contributed by atoms with Gasteiger partial charge in [-0.1, -0.05) is 6.07 Å². The van der Waals surface area contributed by atoms with Crippen LogP contribution in [0, 0.1) is 0 Å². The second kappa shape index (κ2) is 6.84. The SMILES string of the molecule is COC(=O)c1c(NC(=O)/C=C/c2ccc3c(c2)OCO3)sc2c1CCC2. The van der Waals surface area contributed by atoms with Crippen molar-refractivity contribution in [3.8, 4) is 11.5 Å². The van der Waals surface area contributed by atoms with Gasteiger partial charge in [-0.05, 0) is 48.6 Å². The van der Waals surface area contributed by atoms with E-state index in [0.717, 1.165) is 35.3 Å². The van der Waals surface area contributed by atoms with E-state index in [9.17, 15) is 9.59 Å². The first-order chi connectivity index (χ1) is 12.7. The Balaban J connectivity index is 1.51. The maximum absolute atomic E-state index is 12.3. The summed E-state index contributed by atoms with van der Waals surface area (Å²) in [5.74, 6) is 0.657. The molecule has 1 N–H and O–H groups in total. The zero-order valence-electron chi connectivity index (χ0n) is 14.2. The maximum Gasteiger partial charge on any atom is 0.341 e. The van der Waals surface area contributed by atoms with Gasteiger partial charge in [0.25, 0.3) is 0 Å². The fourth-order valence-corrected chi connectivity index (χ4v) is 4.43. The van der Waals surface area contributed by atoms with E-state index in [2.05, 4.69) is 5.32 Å². The van der Waals surface area contributed by atoms with Crippen LogP contribution in [0.1, 0.15) is 32.8 Å². The summed E-state index contributed by atoms with van der Waals surface area (Å²) >= 11 is 1.46. The molecule has 0 unspecified atom stereocenters. The number of methoxy groups -OCH3 is 1. The quantitative estimate of drug-likeness (QED) is 0.659. The molecule has 0 saturated heterocycles. The van der Waals surface area contributed by atoms with Gasteiger partial charge in [-0.15, -0.1) is 11.3 Å². The number of fused-ring (bicyclic) bond motifs is 2. The number of thiophene rings is 1. The Labute approximate surface area is 154 Å². The Kier molecular flexibility index (Phi) is 4.38. The number of ether oxygens (including phenoxy) is 3. The molecule has 0 spiro atoms. The molecule has 6 nitrogen and oxygen atoms in total. The second-order valence-electron chi connectivity index (χ2n) is 5.99. The molecule has 1 aliphatic heterocycles. The van der Waals surface area contributed by atoms with E-state index in [-0.39, 0.29) is 12.7 Å². The number of amides is 1. The third-order valence-electron chi connectivity index (χ3n) is 4.37. The smallest absolute Gasteiger partial charge is 0.341 e. The van der Waals surface area contributed by atoms with Crippen LogP contribution in [0.15, 0.2) is 24.3 Å². The van der Waals surface area contributed by atoms with Crippen LogP contribution >= 0.6 is 11.3 Å². The van der Waals surface area contributed by atoms with Crippen LogP contribution < -0.4 is 14.8 Å². The highest BCUT2D eigenvalue weighted by Crippen LogP contribution is 2.39. The Morgan fingerprint density at radius 3 is 2.92 bits per heavy atom. The van der Waals surface area contributed by atoms with E-state index < -0.39 is 5.97 Å². The highest BCUT2D eigenvalue weighted by Gasteiger charge is 2.27. The average molecular weight is 371 g/mol. The molecule has 0 radical (unpaired) electrons. The van der Waals surface area contributed by atoms with Crippen molar-refractivity contribution in [1.82, 2.24) is 0 Å². The lowest BCUT2D eigenvalue weighted by Crippen LogP contribution is -2.12. The number of aryl methyl sites for hydroxylation is 1. The third kappa shape index (κ3) is 3.06. The number of hydrogen-bond acceptors (Lipinski definition) is 6. The number of rotatable bonds is 4.